The Labute approximate surface area is 124 Å². The van der Waals surface area contributed by atoms with E-state index in [0.29, 0.717) is 22.8 Å². The molecule has 0 bridgehead atoms. The standard InChI is InChI=1S/C17H18N2O2/c1-3-16(19)15-6-4-5-7-17(15)21-14-9-12(11-18)8-13(10-14)20-2/h4-10,16H,3,19H2,1-2H3/t16-/m0/s1. The van der Waals surface area contributed by atoms with E-state index in [1.807, 2.05) is 31.2 Å². The first-order valence-corrected chi connectivity index (χ1v) is 6.79. The molecule has 0 saturated carbocycles. The van der Waals surface area contributed by atoms with E-state index in [0.717, 1.165) is 12.0 Å². The highest BCUT2D eigenvalue weighted by Crippen LogP contribution is 2.32. The van der Waals surface area contributed by atoms with Crippen LogP contribution in [0.3, 0.4) is 0 Å². The molecule has 0 unspecified atom stereocenters. The Balaban J connectivity index is 2.37. The SMILES string of the molecule is CC[C@H](N)c1ccccc1Oc1cc(C#N)cc(OC)c1. The van der Waals surface area contributed by atoms with Crippen LogP contribution < -0.4 is 15.2 Å². The van der Waals surface area contributed by atoms with Crippen molar-refractivity contribution >= 4 is 0 Å². The van der Waals surface area contributed by atoms with E-state index < -0.39 is 0 Å². The van der Waals surface area contributed by atoms with Crippen molar-refractivity contribution in [1.82, 2.24) is 0 Å². The quantitative estimate of drug-likeness (QED) is 0.906. The van der Waals surface area contributed by atoms with Gasteiger partial charge in [-0.15, -0.1) is 0 Å². The van der Waals surface area contributed by atoms with Gasteiger partial charge in [0.2, 0.25) is 0 Å². The fourth-order valence-corrected chi connectivity index (χ4v) is 2.04. The van der Waals surface area contributed by atoms with E-state index in [1.165, 1.54) is 0 Å². The topological polar surface area (TPSA) is 68.3 Å². The molecule has 4 nitrogen and oxygen atoms in total. The lowest BCUT2D eigenvalue weighted by Crippen LogP contribution is -2.09. The summed E-state index contributed by atoms with van der Waals surface area (Å²) >= 11 is 0. The molecule has 0 fully saturated rings. The number of rotatable bonds is 5. The van der Waals surface area contributed by atoms with Gasteiger partial charge in [0.05, 0.1) is 18.7 Å². The van der Waals surface area contributed by atoms with Crippen LogP contribution in [0, 0.1) is 11.3 Å². The minimum absolute atomic E-state index is 0.0813. The van der Waals surface area contributed by atoms with E-state index in [9.17, 15) is 0 Å². The van der Waals surface area contributed by atoms with Gasteiger partial charge in [0.1, 0.15) is 17.2 Å². The summed E-state index contributed by atoms with van der Waals surface area (Å²) in [4.78, 5) is 0. The first-order valence-electron chi connectivity index (χ1n) is 6.79. The van der Waals surface area contributed by atoms with E-state index >= 15 is 0 Å². The Morgan fingerprint density at radius 2 is 1.90 bits per heavy atom. The second-order valence-electron chi connectivity index (χ2n) is 4.66. The maximum atomic E-state index is 9.05. The van der Waals surface area contributed by atoms with E-state index in [-0.39, 0.29) is 6.04 Å². The summed E-state index contributed by atoms with van der Waals surface area (Å²) in [6.07, 6.45) is 0.821. The zero-order valence-electron chi connectivity index (χ0n) is 12.2. The van der Waals surface area contributed by atoms with Gasteiger partial charge in [-0.05, 0) is 24.6 Å². The molecule has 2 aromatic rings. The fourth-order valence-electron chi connectivity index (χ4n) is 2.04. The molecule has 0 spiro atoms. The molecule has 21 heavy (non-hydrogen) atoms. The maximum absolute atomic E-state index is 9.05. The second kappa shape index (κ2) is 6.78. The molecule has 0 radical (unpaired) electrons. The van der Waals surface area contributed by atoms with E-state index in [4.69, 9.17) is 20.5 Å². The third-order valence-electron chi connectivity index (χ3n) is 3.23. The van der Waals surface area contributed by atoms with Gasteiger partial charge in [0.15, 0.2) is 0 Å². The number of nitrogens with zero attached hydrogens (tertiary/aromatic N) is 1. The number of hydrogen-bond donors (Lipinski definition) is 1. The highest BCUT2D eigenvalue weighted by molar-refractivity contribution is 5.47. The summed E-state index contributed by atoms with van der Waals surface area (Å²) in [6.45, 7) is 2.03. The Bertz CT molecular complexity index is 662. The summed E-state index contributed by atoms with van der Waals surface area (Å²) in [5, 5.41) is 9.05. The molecule has 0 aliphatic heterocycles. The second-order valence-corrected chi connectivity index (χ2v) is 4.66. The molecule has 0 aliphatic carbocycles. The van der Waals surface area contributed by atoms with Gasteiger partial charge in [-0.3, -0.25) is 0 Å². The predicted molar refractivity (Wildman–Crippen MR) is 81.4 cm³/mol. The number of hydrogen-bond acceptors (Lipinski definition) is 4. The fraction of sp³-hybridized carbons (Fsp3) is 0.235. The summed E-state index contributed by atoms with van der Waals surface area (Å²) < 4.78 is 11.1. The van der Waals surface area contributed by atoms with Gasteiger partial charge in [-0.25, -0.2) is 0 Å². The largest absolute Gasteiger partial charge is 0.497 e. The monoisotopic (exact) mass is 282 g/mol. The van der Waals surface area contributed by atoms with Crippen molar-refractivity contribution in [2.24, 2.45) is 5.73 Å². The number of benzene rings is 2. The molecule has 0 saturated heterocycles. The lowest BCUT2D eigenvalue weighted by Gasteiger charge is -2.16. The van der Waals surface area contributed by atoms with Crippen molar-refractivity contribution in [2.45, 2.75) is 19.4 Å². The molecule has 4 heteroatoms. The Hall–Kier alpha value is -2.51. The summed E-state index contributed by atoms with van der Waals surface area (Å²) in [6, 6.07) is 14.8. The first kappa shape index (κ1) is 14.9. The third-order valence-corrected chi connectivity index (χ3v) is 3.23. The van der Waals surface area contributed by atoms with Crippen LogP contribution in [0.15, 0.2) is 42.5 Å². The Morgan fingerprint density at radius 3 is 2.57 bits per heavy atom. The average molecular weight is 282 g/mol. The van der Waals surface area contributed by atoms with Crippen molar-refractivity contribution in [3.05, 3.63) is 53.6 Å². The molecule has 0 heterocycles. The Kier molecular flexibility index (Phi) is 4.81. The van der Waals surface area contributed by atoms with Crippen LogP contribution in [-0.2, 0) is 0 Å². The van der Waals surface area contributed by atoms with Gasteiger partial charge in [0.25, 0.3) is 0 Å². The van der Waals surface area contributed by atoms with Gasteiger partial charge >= 0.3 is 0 Å². The maximum Gasteiger partial charge on any atom is 0.132 e. The highest BCUT2D eigenvalue weighted by Gasteiger charge is 2.11. The minimum Gasteiger partial charge on any atom is -0.497 e. The molecule has 0 amide bonds. The van der Waals surface area contributed by atoms with Crippen molar-refractivity contribution < 1.29 is 9.47 Å². The zero-order valence-corrected chi connectivity index (χ0v) is 12.2. The van der Waals surface area contributed by atoms with Gasteiger partial charge in [-0.1, -0.05) is 25.1 Å². The summed E-state index contributed by atoms with van der Waals surface area (Å²) in [5.74, 6) is 1.84. The Morgan fingerprint density at radius 1 is 1.19 bits per heavy atom. The zero-order chi connectivity index (χ0) is 15.2. The van der Waals surface area contributed by atoms with Crippen LogP contribution in [0.2, 0.25) is 0 Å². The smallest absolute Gasteiger partial charge is 0.132 e. The highest BCUT2D eigenvalue weighted by atomic mass is 16.5. The molecular weight excluding hydrogens is 264 g/mol. The molecule has 1 atom stereocenters. The number of nitriles is 1. The van der Waals surface area contributed by atoms with Crippen LogP contribution in [-0.4, -0.2) is 7.11 Å². The van der Waals surface area contributed by atoms with Crippen LogP contribution in [0.1, 0.15) is 30.5 Å². The summed E-state index contributed by atoms with van der Waals surface area (Å²) in [7, 11) is 1.56. The van der Waals surface area contributed by atoms with Gasteiger partial charge in [-0.2, -0.15) is 5.26 Å². The van der Waals surface area contributed by atoms with Crippen LogP contribution >= 0.6 is 0 Å². The molecule has 2 aromatic carbocycles. The molecule has 108 valence electrons. The number of methoxy groups -OCH3 is 1. The van der Waals surface area contributed by atoms with Gasteiger partial charge in [0, 0.05) is 17.7 Å². The van der Waals surface area contributed by atoms with Crippen LogP contribution in [0.4, 0.5) is 0 Å². The molecule has 0 aromatic heterocycles. The van der Waals surface area contributed by atoms with Crippen molar-refractivity contribution in [2.75, 3.05) is 7.11 Å². The number of nitrogens with two attached hydrogens (primary N) is 1. The number of para-hydroxylation sites is 1. The van der Waals surface area contributed by atoms with Crippen LogP contribution in [0.25, 0.3) is 0 Å². The van der Waals surface area contributed by atoms with Crippen molar-refractivity contribution in [3.8, 4) is 23.3 Å². The molecule has 2 rings (SSSR count). The summed E-state index contributed by atoms with van der Waals surface area (Å²) in [5.41, 5.74) is 7.54. The first-order chi connectivity index (χ1) is 10.2. The normalized spacial score (nSPS) is 11.5. The lowest BCUT2D eigenvalue weighted by molar-refractivity contribution is 0.408. The molecular formula is C17H18N2O2. The third kappa shape index (κ3) is 3.53. The minimum atomic E-state index is -0.0813. The average Bonchev–Trinajstić information content (AvgIpc) is 2.54. The van der Waals surface area contributed by atoms with E-state index in [1.54, 1.807) is 25.3 Å². The van der Waals surface area contributed by atoms with Crippen molar-refractivity contribution in [3.63, 3.8) is 0 Å². The predicted octanol–water partition coefficient (Wildman–Crippen LogP) is 3.77. The van der Waals surface area contributed by atoms with Crippen molar-refractivity contribution in [1.29, 1.82) is 5.26 Å². The van der Waals surface area contributed by atoms with Gasteiger partial charge < -0.3 is 15.2 Å². The molecule has 2 N–H and O–H groups in total. The van der Waals surface area contributed by atoms with Crippen LogP contribution in [0.5, 0.6) is 17.2 Å². The van der Waals surface area contributed by atoms with E-state index in [2.05, 4.69) is 6.07 Å². The number of ether oxygens (including phenoxy) is 2. The molecule has 0 aliphatic rings. The lowest BCUT2D eigenvalue weighted by atomic mass is 10.0.